The Morgan fingerprint density at radius 1 is 1.13 bits per heavy atom. The highest BCUT2D eigenvalue weighted by Gasteiger charge is 2.40. The molecule has 1 saturated heterocycles. The topological polar surface area (TPSA) is 49.4 Å². The molecular formula is C13H16Cl6N2O2. The minimum absolute atomic E-state index is 0.117. The Balaban J connectivity index is 2.94. The Labute approximate surface area is 165 Å². The number of alkyl halides is 6. The fraction of sp³-hybridized carbons (Fsp3) is 0.692. The van der Waals surface area contributed by atoms with Crippen molar-refractivity contribution in [3.05, 3.63) is 11.8 Å². The summed E-state index contributed by atoms with van der Waals surface area (Å²) >= 11 is 34.8. The van der Waals surface area contributed by atoms with Gasteiger partial charge < -0.3 is 10.2 Å². The lowest BCUT2D eigenvalue weighted by atomic mass is 9.99. The average Bonchev–Trinajstić information content (AvgIpc) is 2.38. The molecule has 1 aliphatic rings. The van der Waals surface area contributed by atoms with Crippen LogP contribution in [0, 0.1) is 11.8 Å². The Kier molecular flexibility index (Phi) is 7.24. The average molecular weight is 445 g/mol. The molecule has 1 heterocycles. The number of likely N-dealkylation sites (N-methyl/N-ethyl adjacent to an activating group) is 1. The summed E-state index contributed by atoms with van der Waals surface area (Å²) < 4.78 is -3.11. The zero-order chi connectivity index (χ0) is 18.2. The summed E-state index contributed by atoms with van der Waals surface area (Å²) in [6.07, 6.45) is 1.63. The maximum Gasteiger partial charge on any atom is 0.268 e. The highest BCUT2D eigenvalue weighted by atomic mass is 35.6. The minimum Gasteiger partial charge on any atom is -0.339 e. The van der Waals surface area contributed by atoms with Gasteiger partial charge in [0, 0.05) is 18.9 Å². The number of rotatable bonds is 3. The number of hydrogen-bond donors (Lipinski definition) is 1. The molecule has 1 N–H and O–H groups in total. The Hall–Kier alpha value is 0.420. The van der Waals surface area contributed by atoms with Gasteiger partial charge >= 0.3 is 0 Å². The first-order valence-electron chi connectivity index (χ1n) is 6.68. The molecule has 0 aromatic rings. The van der Waals surface area contributed by atoms with Crippen LogP contribution in [0.25, 0.3) is 0 Å². The summed E-state index contributed by atoms with van der Waals surface area (Å²) in [5, 5.41) is 2.60. The first-order chi connectivity index (χ1) is 10.2. The molecule has 0 saturated carbocycles. The van der Waals surface area contributed by atoms with Crippen LogP contribution in [0.4, 0.5) is 0 Å². The van der Waals surface area contributed by atoms with Crippen molar-refractivity contribution in [2.24, 2.45) is 11.8 Å². The van der Waals surface area contributed by atoms with Crippen LogP contribution in [-0.4, -0.2) is 37.4 Å². The predicted octanol–water partition coefficient (Wildman–Crippen LogP) is 4.23. The van der Waals surface area contributed by atoms with Crippen LogP contribution >= 0.6 is 69.6 Å². The van der Waals surface area contributed by atoms with Gasteiger partial charge in [-0.25, -0.2) is 0 Å². The molecule has 2 amide bonds. The Morgan fingerprint density at radius 3 is 2.09 bits per heavy atom. The quantitative estimate of drug-likeness (QED) is 0.523. The molecule has 3 atom stereocenters. The minimum atomic E-state index is -1.59. The fourth-order valence-corrected chi connectivity index (χ4v) is 2.42. The van der Waals surface area contributed by atoms with Gasteiger partial charge in [0.15, 0.2) is 7.59 Å². The number of amides is 2. The van der Waals surface area contributed by atoms with E-state index in [1.807, 2.05) is 0 Å². The van der Waals surface area contributed by atoms with E-state index in [9.17, 15) is 9.59 Å². The van der Waals surface area contributed by atoms with Crippen molar-refractivity contribution < 1.29 is 9.59 Å². The number of carbonyl (C=O) groups excluding carboxylic acids is 2. The van der Waals surface area contributed by atoms with Crippen molar-refractivity contribution in [1.29, 1.82) is 0 Å². The normalized spacial score (nSPS) is 24.7. The summed E-state index contributed by atoms with van der Waals surface area (Å²) in [4.78, 5) is 25.9. The molecule has 0 aliphatic carbocycles. The molecular weight excluding hydrogens is 429 g/mol. The smallest absolute Gasteiger partial charge is 0.268 e. The summed E-state index contributed by atoms with van der Waals surface area (Å²) in [6.45, 7) is 3.31. The van der Waals surface area contributed by atoms with Gasteiger partial charge in [0.25, 0.3) is 5.91 Å². The molecule has 1 rings (SSSR count). The van der Waals surface area contributed by atoms with Crippen LogP contribution in [0.3, 0.4) is 0 Å². The van der Waals surface area contributed by atoms with E-state index in [2.05, 4.69) is 5.32 Å². The van der Waals surface area contributed by atoms with Crippen LogP contribution in [0.15, 0.2) is 11.8 Å². The standard InChI is InChI=1S/C13H16Cl6N2O2/c1-6(12(14,15)16)4-8-11(23)21(3)9(10(22)20-8)5-7(2)13(17,18)19/h5-8H,4H2,1-3H3,(H,20,22). The van der Waals surface area contributed by atoms with Crippen molar-refractivity contribution in [3.8, 4) is 0 Å². The van der Waals surface area contributed by atoms with E-state index in [0.29, 0.717) is 0 Å². The van der Waals surface area contributed by atoms with E-state index in [1.54, 1.807) is 13.8 Å². The maximum absolute atomic E-state index is 12.4. The molecule has 0 aromatic heterocycles. The molecule has 132 valence electrons. The van der Waals surface area contributed by atoms with Crippen molar-refractivity contribution >= 4 is 81.4 Å². The molecule has 3 unspecified atom stereocenters. The summed E-state index contributed by atoms with van der Waals surface area (Å²) in [6, 6.07) is -0.779. The molecule has 1 aliphatic heterocycles. The van der Waals surface area contributed by atoms with Gasteiger partial charge in [0.05, 0.1) is 0 Å². The van der Waals surface area contributed by atoms with Gasteiger partial charge in [-0.3, -0.25) is 9.59 Å². The van der Waals surface area contributed by atoms with Crippen LogP contribution in [0.2, 0.25) is 0 Å². The largest absolute Gasteiger partial charge is 0.339 e. The highest BCUT2D eigenvalue weighted by molar-refractivity contribution is 6.68. The summed E-state index contributed by atoms with van der Waals surface area (Å²) in [5.41, 5.74) is 0.117. The second kappa shape index (κ2) is 7.76. The summed E-state index contributed by atoms with van der Waals surface area (Å²) in [7, 11) is 1.48. The van der Waals surface area contributed by atoms with Crippen molar-refractivity contribution in [2.45, 2.75) is 33.9 Å². The third-order valence-electron chi connectivity index (χ3n) is 3.60. The second-order valence-corrected chi connectivity index (χ2v) is 10.2. The molecule has 4 nitrogen and oxygen atoms in total. The number of nitrogens with one attached hydrogen (secondary N) is 1. The lowest BCUT2D eigenvalue weighted by molar-refractivity contribution is -0.139. The van der Waals surface area contributed by atoms with Gasteiger partial charge in [0.2, 0.25) is 5.91 Å². The number of nitrogens with zero attached hydrogens (tertiary/aromatic N) is 1. The Morgan fingerprint density at radius 2 is 1.65 bits per heavy atom. The van der Waals surface area contributed by atoms with Crippen LogP contribution in [0.1, 0.15) is 20.3 Å². The first-order valence-corrected chi connectivity index (χ1v) is 8.95. The molecule has 23 heavy (non-hydrogen) atoms. The van der Waals surface area contributed by atoms with Gasteiger partial charge in [-0.1, -0.05) is 83.5 Å². The molecule has 10 heteroatoms. The second-order valence-electron chi connectivity index (χ2n) is 5.48. The van der Waals surface area contributed by atoms with E-state index in [4.69, 9.17) is 69.6 Å². The zero-order valence-electron chi connectivity index (χ0n) is 12.5. The number of piperazine rings is 1. The van der Waals surface area contributed by atoms with E-state index in [0.717, 1.165) is 0 Å². The third-order valence-corrected chi connectivity index (χ3v) is 5.75. The summed E-state index contributed by atoms with van der Waals surface area (Å²) in [5.74, 6) is -1.77. The highest BCUT2D eigenvalue weighted by Crippen LogP contribution is 2.38. The SMILES string of the molecule is CC(C=C1C(=O)NC(CC(C)C(Cl)(Cl)Cl)C(=O)N1C)C(Cl)(Cl)Cl. The van der Waals surface area contributed by atoms with Gasteiger partial charge in [-0.05, 0) is 12.5 Å². The number of allylic oxidation sites excluding steroid dienone is 1. The Bertz CT molecular complexity index is 512. The molecule has 1 fully saturated rings. The monoisotopic (exact) mass is 442 g/mol. The molecule has 0 radical (unpaired) electrons. The number of hydrogen-bond acceptors (Lipinski definition) is 2. The predicted molar refractivity (Wildman–Crippen MR) is 96.3 cm³/mol. The fourth-order valence-electron chi connectivity index (χ4n) is 1.96. The van der Waals surface area contributed by atoms with Crippen LogP contribution < -0.4 is 5.32 Å². The van der Waals surface area contributed by atoms with Gasteiger partial charge in [-0.2, -0.15) is 0 Å². The van der Waals surface area contributed by atoms with Crippen molar-refractivity contribution in [3.63, 3.8) is 0 Å². The molecule has 0 spiro atoms. The lowest BCUT2D eigenvalue weighted by Gasteiger charge is -2.34. The van der Waals surface area contributed by atoms with E-state index in [-0.39, 0.29) is 18.0 Å². The third kappa shape index (κ3) is 5.72. The maximum atomic E-state index is 12.4. The van der Waals surface area contributed by atoms with Crippen molar-refractivity contribution in [2.75, 3.05) is 7.05 Å². The number of halogens is 6. The van der Waals surface area contributed by atoms with E-state index < -0.39 is 31.4 Å². The van der Waals surface area contributed by atoms with Gasteiger partial charge in [-0.15, -0.1) is 0 Å². The van der Waals surface area contributed by atoms with Crippen molar-refractivity contribution in [1.82, 2.24) is 10.2 Å². The molecule has 0 bridgehead atoms. The van der Waals surface area contributed by atoms with Gasteiger partial charge in [0.1, 0.15) is 11.7 Å². The van der Waals surface area contributed by atoms with Crippen LogP contribution in [-0.2, 0) is 9.59 Å². The first kappa shape index (κ1) is 21.5. The van der Waals surface area contributed by atoms with E-state index >= 15 is 0 Å². The van der Waals surface area contributed by atoms with E-state index in [1.165, 1.54) is 18.0 Å². The molecule has 0 aromatic carbocycles. The lowest BCUT2D eigenvalue weighted by Crippen LogP contribution is -2.56. The van der Waals surface area contributed by atoms with Crippen LogP contribution in [0.5, 0.6) is 0 Å². The number of carbonyl (C=O) groups is 2. The zero-order valence-corrected chi connectivity index (χ0v) is 17.1.